The number of ether oxygens (including phenoxy) is 1. The molecule has 0 radical (unpaired) electrons. The van der Waals surface area contributed by atoms with Crippen LogP contribution in [0.5, 0.6) is 5.88 Å². The van der Waals surface area contributed by atoms with Gasteiger partial charge in [-0.3, -0.25) is 0 Å². The first-order valence-electron chi connectivity index (χ1n) is 16.0. The van der Waals surface area contributed by atoms with Gasteiger partial charge in [-0.1, -0.05) is 31.0 Å². The minimum absolute atomic E-state index is 0.0250. The molecule has 244 valence electrons. The minimum atomic E-state index is -3.30. The number of aryl methyl sites for hydroxylation is 1. The van der Waals surface area contributed by atoms with Crippen molar-refractivity contribution in [3.8, 4) is 5.88 Å². The molecule has 4 aliphatic rings. The Morgan fingerprint density at radius 3 is 2.49 bits per heavy atom. The normalized spacial score (nSPS) is 25.7. The Kier molecular flexibility index (Phi) is 9.11. The average Bonchev–Trinajstić information content (AvgIpc) is 3.01. The molecule has 2 saturated heterocycles. The van der Waals surface area contributed by atoms with Gasteiger partial charge in [0, 0.05) is 30.0 Å². The number of nitrogens with one attached hydrogen (secondary N) is 1. The van der Waals surface area contributed by atoms with Crippen molar-refractivity contribution < 1.29 is 26.3 Å². The first-order valence-corrected chi connectivity index (χ1v) is 17.8. The van der Waals surface area contributed by atoms with Gasteiger partial charge in [-0.2, -0.15) is 10.1 Å². The number of nitrogens with zero attached hydrogens (tertiary/aromatic N) is 5. The Hall–Kier alpha value is -3.19. The molecule has 0 saturated carbocycles. The van der Waals surface area contributed by atoms with Crippen LogP contribution >= 0.6 is 0 Å². The van der Waals surface area contributed by atoms with Crippen LogP contribution in [0.4, 0.5) is 24.8 Å². The van der Waals surface area contributed by atoms with Crippen LogP contribution in [0.3, 0.4) is 0 Å². The standard InChI is InChI=1S/C32H41F3N6O3S/c1-21-24-8-7-9-26(29(24)33)32(34,35)23-10-13-40(14-11-23)12-5-3-4-6-17-44-31-28-22(2)38-39-30(36-21)25(28)20-27(37-31)41-15-18-45(42,43)19-16-41/h7-9,20-21,23H,3-6,10-19H2,1-2H3,(H,36,39)/t21-/m1/s1. The predicted molar refractivity (Wildman–Crippen MR) is 168 cm³/mol. The van der Waals surface area contributed by atoms with Crippen molar-refractivity contribution in [1.82, 2.24) is 20.1 Å². The second-order valence-electron chi connectivity index (χ2n) is 12.6. The number of halogens is 3. The van der Waals surface area contributed by atoms with Crippen molar-refractivity contribution in [2.75, 3.05) is 61.1 Å². The molecule has 0 spiro atoms. The average molecular weight is 647 g/mol. The predicted octanol–water partition coefficient (Wildman–Crippen LogP) is 5.64. The fraction of sp³-hybridized carbons (Fsp3) is 0.594. The maximum Gasteiger partial charge on any atom is 0.278 e. The lowest BCUT2D eigenvalue weighted by molar-refractivity contribution is -0.0880. The fourth-order valence-electron chi connectivity index (χ4n) is 6.71. The second kappa shape index (κ2) is 12.9. The molecule has 4 aliphatic heterocycles. The number of fused-ring (bicyclic) bond motifs is 9. The van der Waals surface area contributed by atoms with Crippen LogP contribution in [0.15, 0.2) is 24.3 Å². The van der Waals surface area contributed by atoms with Crippen molar-refractivity contribution in [2.45, 2.75) is 64.3 Å². The molecular weight excluding hydrogens is 605 g/mol. The Morgan fingerprint density at radius 2 is 1.73 bits per heavy atom. The number of benzene rings is 1. The zero-order valence-electron chi connectivity index (χ0n) is 25.9. The summed E-state index contributed by atoms with van der Waals surface area (Å²) in [4.78, 5) is 8.96. The minimum Gasteiger partial charge on any atom is -0.477 e. The number of alkyl halides is 2. The molecule has 6 heterocycles. The Balaban J connectivity index is 1.40. The van der Waals surface area contributed by atoms with Gasteiger partial charge in [0.25, 0.3) is 5.92 Å². The summed E-state index contributed by atoms with van der Waals surface area (Å²) in [6, 6.07) is 5.30. The molecule has 13 heteroatoms. The topological polar surface area (TPSA) is 101 Å². The number of hydrogen-bond donors (Lipinski definition) is 1. The van der Waals surface area contributed by atoms with E-state index >= 15 is 13.2 Å². The van der Waals surface area contributed by atoms with E-state index in [-0.39, 0.29) is 17.1 Å². The summed E-state index contributed by atoms with van der Waals surface area (Å²) in [6.45, 7) is 6.56. The third-order valence-electron chi connectivity index (χ3n) is 9.47. The molecule has 8 bridgehead atoms. The third kappa shape index (κ3) is 6.70. The molecule has 2 fully saturated rings. The van der Waals surface area contributed by atoms with Crippen LogP contribution in [-0.2, 0) is 15.8 Å². The lowest BCUT2D eigenvalue weighted by Gasteiger charge is -2.36. The van der Waals surface area contributed by atoms with E-state index in [1.807, 2.05) is 11.0 Å². The molecule has 3 aromatic rings. The van der Waals surface area contributed by atoms with E-state index in [4.69, 9.17) is 9.72 Å². The number of pyridine rings is 1. The molecule has 0 amide bonds. The highest BCUT2D eigenvalue weighted by Gasteiger charge is 2.45. The van der Waals surface area contributed by atoms with E-state index in [2.05, 4.69) is 20.4 Å². The van der Waals surface area contributed by atoms with Gasteiger partial charge in [-0.05, 0) is 65.2 Å². The van der Waals surface area contributed by atoms with Gasteiger partial charge >= 0.3 is 0 Å². The van der Waals surface area contributed by atoms with Crippen molar-refractivity contribution in [1.29, 1.82) is 0 Å². The Morgan fingerprint density at radius 1 is 1.00 bits per heavy atom. The summed E-state index contributed by atoms with van der Waals surface area (Å²) in [5.41, 5.74) is 0.132. The van der Waals surface area contributed by atoms with E-state index in [0.29, 0.717) is 79.6 Å². The number of piperidine rings is 1. The quantitative estimate of drug-likeness (QED) is 0.360. The van der Waals surface area contributed by atoms with Crippen LogP contribution in [0.2, 0.25) is 0 Å². The highest BCUT2D eigenvalue weighted by Crippen LogP contribution is 2.44. The van der Waals surface area contributed by atoms with Crippen LogP contribution in [0, 0.1) is 18.7 Å². The van der Waals surface area contributed by atoms with E-state index in [1.54, 1.807) is 13.8 Å². The first kappa shape index (κ1) is 31.8. The molecule has 0 aliphatic carbocycles. The SMILES string of the molecule is Cc1nnc2c3cc(N4CCS(=O)(=O)CC4)nc(c13)OCCCCCCN1CCC(CC1)C(F)(F)c1cccc(c1F)[C@@H](C)N2. The molecule has 7 rings (SSSR count). The number of sulfone groups is 1. The highest BCUT2D eigenvalue weighted by molar-refractivity contribution is 7.91. The summed E-state index contributed by atoms with van der Waals surface area (Å²) in [7, 11) is -3.11. The van der Waals surface area contributed by atoms with Crippen molar-refractivity contribution in [2.24, 2.45) is 5.92 Å². The zero-order valence-corrected chi connectivity index (χ0v) is 26.7. The van der Waals surface area contributed by atoms with Crippen molar-refractivity contribution in [3.63, 3.8) is 0 Å². The largest absolute Gasteiger partial charge is 0.477 e. The van der Waals surface area contributed by atoms with E-state index in [0.717, 1.165) is 32.2 Å². The van der Waals surface area contributed by atoms with E-state index in [1.165, 1.54) is 18.2 Å². The van der Waals surface area contributed by atoms with Gasteiger partial charge < -0.3 is 19.9 Å². The van der Waals surface area contributed by atoms with Gasteiger partial charge in [0.2, 0.25) is 5.88 Å². The number of anilines is 2. The number of hydrogen-bond acceptors (Lipinski definition) is 9. The van der Waals surface area contributed by atoms with Gasteiger partial charge in [0.1, 0.15) is 11.6 Å². The highest BCUT2D eigenvalue weighted by atomic mass is 32.2. The van der Waals surface area contributed by atoms with Crippen LogP contribution in [0.25, 0.3) is 10.8 Å². The lowest BCUT2D eigenvalue weighted by atomic mass is 9.85. The Labute approximate surface area is 262 Å². The van der Waals surface area contributed by atoms with Gasteiger partial charge in [0.15, 0.2) is 15.7 Å². The molecule has 9 nitrogen and oxygen atoms in total. The maximum absolute atomic E-state index is 16.0. The molecule has 1 atom stereocenters. The van der Waals surface area contributed by atoms with Crippen molar-refractivity contribution in [3.05, 3.63) is 46.9 Å². The summed E-state index contributed by atoms with van der Waals surface area (Å²) >= 11 is 0. The molecule has 1 aromatic carbocycles. The second-order valence-corrected chi connectivity index (χ2v) is 14.9. The fourth-order valence-corrected chi connectivity index (χ4v) is 7.91. The van der Waals surface area contributed by atoms with Crippen LogP contribution in [0.1, 0.15) is 68.3 Å². The number of aromatic nitrogens is 3. The van der Waals surface area contributed by atoms with Crippen molar-refractivity contribution >= 4 is 32.2 Å². The zero-order chi connectivity index (χ0) is 31.8. The molecular formula is C32H41F3N6O3S. The maximum atomic E-state index is 16.0. The summed E-state index contributed by atoms with van der Waals surface area (Å²) in [6.07, 6.45) is 4.37. The van der Waals surface area contributed by atoms with E-state index in [9.17, 15) is 8.42 Å². The van der Waals surface area contributed by atoms with E-state index < -0.39 is 39.1 Å². The molecule has 1 N–H and O–H groups in total. The summed E-state index contributed by atoms with van der Waals surface area (Å²) in [5, 5.41) is 13.2. The summed E-state index contributed by atoms with van der Waals surface area (Å²) < 4.78 is 78.2. The van der Waals surface area contributed by atoms with Gasteiger partial charge in [-0.15, -0.1) is 5.10 Å². The smallest absolute Gasteiger partial charge is 0.278 e. The molecule has 45 heavy (non-hydrogen) atoms. The van der Waals surface area contributed by atoms with Crippen LogP contribution in [-0.4, -0.2) is 79.3 Å². The monoisotopic (exact) mass is 646 g/mol. The lowest BCUT2D eigenvalue weighted by Crippen LogP contribution is -2.40. The van der Waals surface area contributed by atoms with Gasteiger partial charge in [0.05, 0.1) is 40.8 Å². The van der Waals surface area contributed by atoms with Crippen LogP contribution < -0.4 is 15.0 Å². The first-order chi connectivity index (χ1) is 21.5. The molecule has 0 unspecified atom stereocenters. The summed E-state index contributed by atoms with van der Waals surface area (Å²) in [5.74, 6) is -3.83. The number of rotatable bonds is 1. The van der Waals surface area contributed by atoms with Gasteiger partial charge in [-0.25, -0.2) is 21.6 Å². The third-order valence-corrected chi connectivity index (χ3v) is 11.1. The molecule has 2 aromatic heterocycles. The Bertz CT molecular complexity index is 1630.